The Morgan fingerprint density at radius 1 is 1.12 bits per heavy atom. The summed E-state index contributed by atoms with van der Waals surface area (Å²) in [7, 11) is 0. The van der Waals surface area contributed by atoms with Crippen LogP contribution in [-0.2, 0) is 5.79 Å². The molecule has 0 amide bonds. The van der Waals surface area contributed by atoms with Gasteiger partial charge in [0.15, 0.2) is 5.01 Å². The Labute approximate surface area is 91.8 Å². The van der Waals surface area contributed by atoms with Crippen molar-refractivity contribution in [3.05, 3.63) is 29.3 Å². The van der Waals surface area contributed by atoms with E-state index in [4.69, 9.17) is 10.2 Å². The van der Waals surface area contributed by atoms with Crippen LogP contribution in [0.5, 0.6) is 0 Å². The van der Waals surface area contributed by atoms with Gasteiger partial charge in [-0.3, -0.25) is 0 Å². The van der Waals surface area contributed by atoms with Crippen LogP contribution in [0.15, 0.2) is 24.3 Å². The van der Waals surface area contributed by atoms with E-state index in [0.717, 1.165) is 0 Å². The van der Waals surface area contributed by atoms with Crippen molar-refractivity contribution >= 4 is 21.6 Å². The summed E-state index contributed by atoms with van der Waals surface area (Å²) in [5.41, 5.74) is 0.305. The largest absolute Gasteiger partial charge is 0.450 e. The third-order valence-corrected chi connectivity index (χ3v) is 3.12. The van der Waals surface area contributed by atoms with E-state index in [1.54, 1.807) is 18.2 Å². The number of hydrogen-bond donors (Lipinski definition) is 2. The molecule has 0 unspecified atom stereocenters. The molecule has 2 aromatic rings. The highest BCUT2D eigenvalue weighted by molar-refractivity contribution is 7.18. The third kappa shape index (κ3) is 1.66. The van der Waals surface area contributed by atoms with Gasteiger partial charge in [0.25, 0.3) is 0 Å². The van der Waals surface area contributed by atoms with Gasteiger partial charge in [0.05, 0.1) is 10.2 Å². The molecule has 0 spiro atoms. The Bertz CT molecular complexity index is 488. The average molecular weight is 249 g/mol. The summed E-state index contributed by atoms with van der Waals surface area (Å²) >= 11 is 0.600. The molecule has 0 bridgehead atoms. The zero-order chi connectivity index (χ0) is 12.0. The van der Waals surface area contributed by atoms with Gasteiger partial charge in [-0.2, -0.15) is 13.2 Å². The van der Waals surface area contributed by atoms with Gasteiger partial charge in [0.1, 0.15) is 0 Å². The number of hydrogen-bond acceptors (Lipinski definition) is 4. The second kappa shape index (κ2) is 3.41. The third-order valence-electron chi connectivity index (χ3n) is 1.99. The number of aromatic nitrogens is 1. The lowest BCUT2D eigenvalue weighted by atomic mass is 10.3. The van der Waals surface area contributed by atoms with Crippen molar-refractivity contribution in [3.8, 4) is 0 Å². The molecule has 0 aliphatic heterocycles. The maximum Gasteiger partial charge on any atom is 0.450 e. The van der Waals surface area contributed by atoms with Gasteiger partial charge < -0.3 is 10.2 Å². The van der Waals surface area contributed by atoms with E-state index in [9.17, 15) is 13.2 Å². The molecule has 7 heteroatoms. The molecule has 0 saturated carbocycles. The van der Waals surface area contributed by atoms with Crippen LogP contribution < -0.4 is 0 Å². The second-order valence-electron chi connectivity index (χ2n) is 3.16. The Kier molecular flexibility index (Phi) is 2.41. The second-order valence-corrected chi connectivity index (χ2v) is 4.19. The standard InChI is InChI=1S/C9H6F3NO2S/c10-9(11,12)8(14,15)7-13-5-3-1-2-4-6(5)16-7/h1-4,14-15H. The molecule has 16 heavy (non-hydrogen) atoms. The number of thiazole rings is 1. The molecule has 1 aromatic heterocycles. The van der Waals surface area contributed by atoms with Crippen molar-refractivity contribution in [2.45, 2.75) is 12.0 Å². The average Bonchev–Trinajstić information content (AvgIpc) is 2.59. The molecule has 3 nitrogen and oxygen atoms in total. The van der Waals surface area contributed by atoms with E-state index in [1.807, 2.05) is 0 Å². The maximum absolute atomic E-state index is 12.3. The number of alkyl halides is 3. The molecular formula is C9H6F3NO2S. The molecule has 2 N–H and O–H groups in total. The zero-order valence-corrected chi connectivity index (χ0v) is 8.51. The lowest BCUT2D eigenvalue weighted by Gasteiger charge is -2.21. The van der Waals surface area contributed by atoms with Gasteiger partial charge in [-0.25, -0.2) is 4.98 Å². The molecule has 0 aliphatic rings. The fraction of sp³-hybridized carbons (Fsp3) is 0.222. The summed E-state index contributed by atoms with van der Waals surface area (Å²) in [6.07, 6.45) is -5.17. The molecule has 2 rings (SSSR count). The molecule has 86 valence electrons. The predicted octanol–water partition coefficient (Wildman–Crippen LogP) is 2.00. The first-order valence-electron chi connectivity index (χ1n) is 4.20. The lowest BCUT2D eigenvalue weighted by molar-refractivity contribution is -0.358. The minimum absolute atomic E-state index is 0.305. The number of rotatable bonds is 1. The van der Waals surface area contributed by atoms with Gasteiger partial charge in [0, 0.05) is 0 Å². The van der Waals surface area contributed by atoms with Gasteiger partial charge >= 0.3 is 12.0 Å². The number of halogens is 3. The summed E-state index contributed by atoms with van der Waals surface area (Å²) in [4.78, 5) is 3.55. The van der Waals surface area contributed by atoms with E-state index in [-0.39, 0.29) is 0 Å². The van der Waals surface area contributed by atoms with E-state index in [0.29, 0.717) is 21.6 Å². The minimum atomic E-state index is -5.17. The Morgan fingerprint density at radius 3 is 2.31 bits per heavy atom. The van der Waals surface area contributed by atoms with Crippen LogP contribution in [0.4, 0.5) is 13.2 Å². The van der Waals surface area contributed by atoms with Crippen LogP contribution in [0, 0.1) is 0 Å². The van der Waals surface area contributed by atoms with Crippen LogP contribution in [0.1, 0.15) is 5.01 Å². The summed E-state index contributed by atoms with van der Waals surface area (Å²) in [5, 5.41) is 17.2. The van der Waals surface area contributed by atoms with Crippen molar-refractivity contribution in [3.63, 3.8) is 0 Å². The Morgan fingerprint density at radius 2 is 1.75 bits per heavy atom. The number of fused-ring (bicyclic) bond motifs is 1. The SMILES string of the molecule is OC(O)(c1nc2ccccc2s1)C(F)(F)F. The van der Waals surface area contributed by atoms with Gasteiger partial charge in [0.2, 0.25) is 0 Å². The summed E-state index contributed by atoms with van der Waals surface area (Å²) in [6, 6.07) is 6.30. The fourth-order valence-electron chi connectivity index (χ4n) is 1.14. The lowest BCUT2D eigenvalue weighted by Crippen LogP contribution is -2.41. The first-order chi connectivity index (χ1) is 7.32. The minimum Gasteiger partial charge on any atom is -0.353 e. The van der Waals surface area contributed by atoms with Crippen LogP contribution in [0.3, 0.4) is 0 Å². The topological polar surface area (TPSA) is 53.4 Å². The zero-order valence-electron chi connectivity index (χ0n) is 7.69. The summed E-state index contributed by atoms with van der Waals surface area (Å²) in [5.74, 6) is -3.89. The molecular weight excluding hydrogens is 243 g/mol. The first kappa shape index (κ1) is 11.3. The van der Waals surface area contributed by atoms with Crippen molar-refractivity contribution in [1.82, 2.24) is 4.98 Å². The van der Waals surface area contributed by atoms with Crippen molar-refractivity contribution < 1.29 is 23.4 Å². The highest BCUT2D eigenvalue weighted by Gasteiger charge is 2.56. The predicted molar refractivity (Wildman–Crippen MR) is 51.8 cm³/mol. The molecule has 0 radical (unpaired) electrons. The number of aliphatic hydroxyl groups is 2. The molecule has 0 atom stereocenters. The highest BCUT2D eigenvalue weighted by atomic mass is 32.1. The van der Waals surface area contributed by atoms with Crippen molar-refractivity contribution in [2.75, 3.05) is 0 Å². The molecule has 0 saturated heterocycles. The van der Waals surface area contributed by atoms with Crippen molar-refractivity contribution in [2.24, 2.45) is 0 Å². The molecule has 0 fully saturated rings. The van der Waals surface area contributed by atoms with Crippen LogP contribution >= 0.6 is 11.3 Å². The number of para-hydroxylation sites is 1. The fourth-order valence-corrected chi connectivity index (χ4v) is 2.12. The van der Waals surface area contributed by atoms with Crippen molar-refractivity contribution in [1.29, 1.82) is 0 Å². The van der Waals surface area contributed by atoms with Crippen LogP contribution in [0.25, 0.3) is 10.2 Å². The van der Waals surface area contributed by atoms with Gasteiger partial charge in [-0.15, -0.1) is 11.3 Å². The molecule has 0 aliphatic carbocycles. The van der Waals surface area contributed by atoms with Crippen LogP contribution in [-0.4, -0.2) is 21.4 Å². The maximum atomic E-state index is 12.3. The smallest absolute Gasteiger partial charge is 0.353 e. The number of benzene rings is 1. The molecule has 1 heterocycles. The van der Waals surface area contributed by atoms with E-state index < -0.39 is 17.0 Å². The number of nitrogens with zero attached hydrogens (tertiary/aromatic N) is 1. The van der Waals surface area contributed by atoms with Gasteiger partial charge in [-0.1, -0.05) is 12.1 Å². The summed E-state index contributed by atoms with van der Waals surface area (Å²) in [6.45, 7) is 0. The molecule has 1 aromatic carbocycles. The van der Waals surface area contributed by atoms with Gasteiger partial charge in [-0.05, 0) is 12.1 Å². The van der Waals surface area contributed by atoms with E-state index in [1.165, 1.54) is 6.07 Å². The quantitative estimate of drug-likeness (QED) is 0.760. The summed E-state index contributed by atoms with van der Waals surface area (Å²) < 4.78 is 37.4. The highest BCUT2D eigenvalue weighted by Crippen LogP contribution is 2.39. The normalized spacial score (nSPS) is 13.3. The monoisotopic (exact) mass is 249 g/mol. The van der Waals surface area contributed by atoms with E-state index in [2.05, 4.69) is 4.98 Å². The Hall–Kier alpha value is -1.18. The van der Waals surface area contributed by atoms with E-state index >= 15 is 0 Å². The Balaban J connectivity index is 2.56. The first-order valence-corrected chi connectivity index (χ1v) is 5.01. The van der Waals surface area contributed by atoms with Crippen LogP contribution in [0.2, 0.25) is 0 Å².